The highest BCUT2D eigenvalue weighted by atomic mass is 16.5. The van der Waals surface area contributed by atoms with Gasteiger partial charge in [0, 0.05) is 11.1 Å². The zero-order valence-electron chi connectivity index (χ0n) is 14.5. The van der Waals surface area contributed by atoms with Crippen molar-refractivity contribution >= 4 is 18.0 Å². The van der Waals surface area contributed by atoms with E-state index in [0.29, 0.717) is 11.3 Å². The van der Waals surface area contributed by atoms with Crippen molar-refractivity contribution in [1.29, 1.82) is 0 Å². The summed E-state index contributed by atoms with van der Waals surface area (Å²) in [5.41, 5.74) is 5.77. The quantitative estimate of drug-likeness (QED) is 0.625. The molecule has 0 unspecified atom stereocenters. The molecule has 6 heteroatoms. The monoisotopic (exact) mass is 339 g/mol. The summed E-state index contributed by atoms with van der Waals surface area (Å²) in [5, 5.41) is 6.44. The average molecular weight is 339 g/mol. The molecule has 130 valence electrons. The van der Waals surface area contributed by atoms with E-state index >= 15 is 0 Å². The molecule has 0 atom stereocenters. The highest BCUT2D eigenvalue weighted by Gasteiger charge is 2.08. The first-order chi connectivity index (χ1) is 12.0. The van der Waals surface area contributed by atoms with Crippen LogP contribution in [0.25, 0.3) is 0 Å². The van der Waals surface area contributed by atoms with Crippen LogP contribution in [0.2, 0.25) is 0 Å². The molecule has 0 fully saturated rings. The SMILES string of the molecule is COc1ccccc1/C=N/NC(=O)CNC(=O)c1ccc(C)c(C)c1. The van der Waals surface area contributed by atoms with Crippen molar-refractivity contribution in [3.8, 4) is 5.75 Å². The van der Waals surface area contributed by atoms with Crippen LogP contribution in [0.15, 0.2) is 47.6 Å². The van der Waals surface area contributed by atoms with Gasteiger partial charge in [0.15, 0.2) is 0 Å². The lowest BCUT2D eigenvalue weighted by molar-refractivity contribution is -0.120. The fourth-order valence-corrected chi connectivity index (χ4v) is 2.13. The third kappa shape index (κ3) is 5.17. The third-order valence-electron chi connectivity index (χ3n) is 3.71. The van der Waals surface area contributed by atoms with E-state index in [-0.39, 0.29) is 12.5 Å². The molecule has 6 nitrogen and oxygen atoms in total. The van der Waals surface area contributed by atoms with Gasteiger partial charge >= 0.3 is 0 Å². The summed E-state index contributed by atoms with van der Waals surface area (Å²) >= 11 is 0. The molecule has 2 aromatic carbocycles. The fourth-order valence-electron chi connectivity index (χ4n) is 2.13. The Morgan fingerprint density at radius 3 is 2.60 bits per heavy atom. The summed E-state index contributed by atoms with van der Waals surface area (Å²) in [5.74, 6) is -0.0566. The second-order valence-corrected chi connectivity index (χ2v) is 5.52. The van der Waals surface area contributed by atoms with E-state index in [4.69, 9.17) is 4.74 Å². The number of carbonyl (C=O) groups excluding carboxylic acids is 2. The predicted molar refractivity (Wildman–Crippen MR) is 97.0 cm³/mol. The van der Waals surface area contributed by atoms with Crippen molar-refractivity contribution in [3.05, 3.63) is 64.7 Å². The zero-order valence-corrected chi connectivity index (χ0v) is 14.5. The average Bonchev–Trinajstić information content (AvgIpc) is 2.62. The predicted octanol–water partition coefficient (Wildman–Crippen LogP) is 2.19. The van der Waals surface area contributed by atoms with Gasteiger partial charge in [0.2, 0.25) is 0 Å². The Hall–Kier alpha value is -3.15. The van der Waals surface area contributed by atoms with E-state index in [1.54, 1.807) is 25.3 Å². The van der Waals surface area contributed by atoms with Crippen molar-refractivity contribution in [3.63, 3.8) is 0 Å². The van der Waals surface area contributed by atoms with E-state index in [9.17, 15) is 9.59 Å². The Morgan fingerprint density at radius 2 is 1.88 bits per heavy atom. The third-order valence-corrected chi connectivity index (χ3v) is 3.71. The number of rotatable bonds is 6. The molecule has 2 N–H and O–H groups in total. The number of aryl methyl sites for hydroxylation is 2. The first-order valence-electron chi connectivity index (χ1n) is 7.81. The molecule has 2 rings (SSSR count). The van der Waals surface area contributed by atoms with Gasteiger partial charge in [-0.1, -0.05) is 18.2 Å². The van der Waals surface area contributed by atoms with Crippen molar-refractivity contribution in [1.82, 2.24) is 10.7 Å². The second kappa shape index (κ2) is 8.63. The maximum absolute atomic E-state index is 12.0. The smallest absolute Gasteiger partial charge is 0.259 e. The van der Waals surface area contributed by atoms with Crippen LogP contribution >= 0.6 is 0 Å². The van der Waals surface area contributed by atoms with Crippen molar-refractivity contribution in [2.45, 2.75) is 13.8 Å². The van der Waals surface area contributed by atoms with Gasteiger partial charge in [0.25, 0.3) is 11.8 Å². The molecule has 0 saturated heterocycles. The summed E-state index contributed by atoms with van der Waals surface area (Å²) in [6, 6.07) is 12.7. The number of nitrogens with zero attached hydrogens (tertiary/aromatic N) is 1. The number of carbonyl (C=O) groups is 2. The van der Waals surface area contributed by atoms with Crippen LogP contribution in [-0.2, 0) is 4.79 Å². The van der Waals surface area contributed by atoms with Crippen LogP contribution in [0.3, 0.4) is 0 Å². The summed E-state index contributed by atoms with van der Waals surface area (Å²) in [7, 11) is 1.56. The normalized spacial score (nSPS) is 10.5. The van der Waals surface area contributed by atoms with Crippen molar-refractivity contribution in [2.24, 2.45) is 5.10 Å². The molecule has 0 aromatic heterocycles. The molecule has 0 saturated carbocycles. The van der Waals surface area contributed by atoms with E-state index in [1.165, 1.54) is 6.21 Å². The Labute approximate surface area is 146 Å². The minimum absolute atomic E-state index is 0.158. The lowest BCUT2D eigenvalue weighted by Crippen LogP contribution is -2.34. The van der Waals surface area contributed by atoms with E-state index in [2.05, 4.69) is 15.8 Å². The minimum Gasteiger partial charge on any atom is -0.496 e. The Kier molecular flexibility index (Phi) is 6.28. The van der Waals surface area contributed by atoms with Gasteiger partial charge in [-0.05, 0) is 49.2 Å². The fraction of sp³-hybridized carbons (Fsp3) is 0.211. The number of nitrogens with one attached hydrogen (secondary N) is 2. The number of hydrazone groups is 1. The van der Waals surface area contributed by atoms with Gasteiger partial charge in [-0.15, -0.1) is 0 Å². The summed E-state index contributed by atoms with van der Waals surface area (Å²) < 4.78 is 5.19. The minimum atomic E-state index is -0.414. The standard InChI is InChI=1S/C19H21N3O3/c1-13-8-9-15(10-14(13)2)19(24)20-12-18(23)22-21-11-16-6-4-5-7-17(16)25-3/h4-11H,12H2,1-3H3,(H,20,24)(H,22,23)/b21-11+. The molecule has 0 aliphatic rings. The number of ether oxygens (including phenoxy) is 1. The summed E-state index contributed by atoms with van der Waals surface area (Å²) in [6.07, 6.45) is 1.49. The molecule has 0 aliphatic heterocycles. The van der Waals surface area contributed by atoms with Crippen LogP contribution in [0.1, 0.15) is 27.0 Å². The highest BCUT2D eigenvalue weighted by Crippen LogP contribution is 2.14. The number of methoxy groups -OCH3 is 1. The lowest BCUT2D eigenvalue weighted by atomic mass is 10.1. The van der Waals surface area contributed by atoms with Crippen LogP contribution < -0.4 is 15.5 Å². The molecular weight excluding hydrogens is 318 g/mol. The molecule has 0 bridgehead atoms. The molecule has 2 amide bonds. The molecule has 0 aliphatic carbocycles. The topological polar surface area (TPSA) is 79.8 Å². The zero-order chi connectivity index (χ0) is 18.2. The lowest BCUT2D eigenvalue weighted by Gasteiger charge is -2.06. The number of amides is 2. The van der Waals surface area contributed by atoms with E-state index in [0.717, 1.165) is 16.7 Å². The number of hydrogen-bond donors (Lipinski definition) is 2. The van der Waals surface area contributed by atoms with Crippen LogP contribution in [0.5, 0.6) is 5.75 Å². The van der Waals surface area contributed by atoms with Gasteiger partial charge in [-0.25, -0.2) is 5.43 Å². The Morgan fingerprint density at radius 1 is 1.12 bits per heavy atom. The number of hydrogen-bond acceptors (Lipinski definition) is 4. The van der Waals surface area contributed by atoms with E-state index in [1.807, 2.05) is 38.1 Å². The van der Waals surface area contributed by atoms with Gasteiger partial charge in [-0.3, -0.25) is 9.59 Å². The van der Waals surface area contributed by atoms with Gasteiger partial charge in [0.1, 0.15) is 5.75 Å². The van der Waals surface area contributed by atoms with Gasteiger partial charge in [0.05, 0.1) is 19.9 Å². The molecule has 25 heavy (non-hydrogen) atoms. The van der Waals surface area contributed by atoms with Crippen molar-refractivity contribution < 1.29 is 14.3 Å². The van der Waals surface area contributed by atoms with E-state index < -0.39 is 5.91 Å². The first-order valence-corrected chi connectivity index (χ1v) is 7.81. The maximum Gasteiger partial charge on any atom is 0.259 e. The first kappa shape index (κ1) is 18.2. The molecule has 0 radical (unpaired) electrons. The highest BCUT2D eigenvalue weighted by molar-refractivity contribution is 5.96. The maximum atomic E-state index is 12.0. The summed E-state index contributed by atoms with van der Waals surface area (Å²) in [4.78, 5) is 23.8. The molecule has 2 aromatic rings. The van der Waals surface area contributed by atoms with Gasteiger partial charge in [-0.2, -0.15) is 5.10 Å². The van der Waals surface area contributed by atoms with Crippen molar-refractivity contribution in [2.75, 3.05) is 13.7 Å². The molecule has 0 heterocycles. The Balaban J connectivity index is 1.85. The van der Waals surface area contributed by atoms with Gasteiger partial charge < -0.3 is 10.1 Å². The number of benzene rings is 2. The van der Waals surface area contributed by atoms with Crippen LogP contribution in [0, 0.1) is 13.8 Å². The molecular formula is C19H21N3O3. The largest absolute Gasteiger partial charge is 0.496 e. The van der Waals surface area contributed by atoms with Crippen LogP contribution in [0.4, 0.5) is 0 Å². The Bertz CT molecular complexity index is 800. The van der Waals surface area contributed by atoms with Crippen LogP contribution in [-0.4, -0.2) is 31.7 Å². The second-order valence-electron chi connectivity index (χ2n) is 5.52. The molecule has 0 spiro atoms. The summed E-state index contributed by atoms with van der Waals surface area (Å²) in [6.45, 7) is 3.75. The number of para-hydroxylation sites is 1.